The summed E-state index contributed by atoms with van der Waals surface area (Å²) >= 11 is 5.56. The molecular formula is C17H22ClNO. The van der Waals surface area contributed by atoms with Crippen molar-refractivity contribution in [2.75, 3.05) is 32.1 Å². The van der Waals surface area contributed by atoms with Crippen molar-refractivity contribution in [2.45, 2.75) is 26.2 Å². The van der Waals surface area contributed by atoms with Gasteiger partial charge in [-0.1, -0.05) is 11.8 Å². The number of hydrogen-bond acceptors (Lipinski definition) is 2. The first kappa shape index (κ1) is 15.2. The summed E-state index contributed by atoms with van der Waals surface area (Å²) in [4.78, 5) is 2.51. The topological polar surface area (TPSA) is 12.5 Å². The Morgan fingerprint density at radius 1 is 1.30 bits per heavy atom. The van der Waals surface area contributed by atoms with Crippen LogP contribution in [0.2, 0.25) is 0 Å². The zero-order valence-corrected chi connectivity index (χ0v) is 12.9. The second kappa shape index (κ2) is 8.19. The molecule has 0 saturated carbocycles. The molecule has 1 aliphatic rings. The Hall–Kier alpha value is -1.17. The molecule has 1 aromatic rings. The molecule has 0 amide bonds. The molecule has 0 spiro atoms. The molecule has 3 heteroatoms. The molecule has 0 aliphatic carbocycles. The van der Waals surface area contributed by atoms with Gasteiger partial charge in [-0.2, -0.15) is 0 Å². The van der Waals surface area contributed by atoms with Gasteiger partial charge >= 0.3 is 0 Å². The molecule has 1 aromatic carbocycles. The van der Waals surface area contributed by atoms with Gasteiger partial charge in [0.25, 0.3) is 0 Å². The third-order valence-electron chi connectivity index (χ3n) is 3.55. The maximum Gasteiger partial charge on any atom is 0.122 e. The fourth-order valence-corrected chi connectivity index (χ4v) is 2.57. The second-order valence-corrected chi connectivity index (χ2v) is 5.43. The zero-order valence-electron chi connectivity index (χ0n) is 12.1. The molecule has 0 aromatic heterocycles. The molecule has 2 nitrogen and oxygen atoms in total. The number of rotatable bonds is 5. The number of benzene rings is 1. The van der Waals surface area contributed by atoms with Crippen molar-refractivity contribution in [3.05, 3.63) is 29.3 Å². The van der Waals surface area contributed by atoms with E-state index in [9.17, 15) is 0 Å². The molecule has 1 heterocycles. The second-order valence-electron chi connectivity index (χ2n) is 5.17. The van der Waals surface area contributed by atoms with Gasteiger partial charge in [0.2, 0.25) is 0 Å². The molecule has 2 rings (SSSR count). The lowest BCUT2D eigenvalue weighted by molar-refractivity contribution is 0.262. The van der Waals surface area contributed by atoms with Gasteiger partial charge in [0, 0.05) is 12.1 Å². The maximum atomic E-state index is 5.86. The Kier molecular flexibility index (Phi) is 6.24. The molecule has 0 unspecified atom stereocenters. The number of hydrogen-bond donors (Lipinski definition) is 0. The predicted octanol–water partition coefficient (Wildman–Crippen LogP) is 3.45. The van der Waals surface area contributed by atoms with Gasteiger partial charge in [-0.3, -0.25) is 0 Å². The van der Waals surface area contributed by atoms with Gasteiger partial charge < -0.3 is 9.64 Å². The van der Waals surface area contributed by atoms with Crippen molar-refractivity contribution < 1.29 is 4.74 Å². The fraction of sp³-hybridized carbons (Fsp3) is 0.529. The average Bonchev–Trinajstić information content (AvgIpc) is 2.96. The number of nitrogens with zero attached hydrogens (tertiary/aromatic N) is 1. The Morgan fingerprint density at radius 2 is 2.10 bits per heavy atom. The van der Waals surface area contributed by atoms with E-state index in [1.807, 2.05) is 12.1 Å². The van der Waals surface area contributed by atoms with Gasteiger partial charge in [-0.15, -0.1) is 11.6 Å². The van der Waals surface area contributed by atoms with Crippen LogP contribution in [0.15, 0.2) is 18.2 Å². The van der Waals surface area contributed by atoms with Gasteiger partial charge in [0.05, 0.1) is 12.5 Å². The van der Waals surface area contributed by atoms with Crippen LogP contribution in [-0.2, 0) is 0 Å². The van der Waals surface area contributed by atoms with Crippen molar-refractivity contribution in [3.63, 3.8) is 0 Å². The third-order valence-corrected chi connectivity index (χ3v) is 3.68. The molecule has 0 bridgehead atoms. The monoisotopic (exact) mass is 291 g/mol. The lowest BCUT2D eigenvalue weighted by atomic mass is 10.1. The highest BCUT2D eigenvalue weighted by Crippen LogP contribution is 2.19. The van der Waals surface area contributed by atoms with Crippen molar-refractivity contribution in [2.24, 2.45) is 0 Å². The number of ether oxygens (including phenoxy) is 1. The van der Waals surface area contributed by atoms with E-state index in [2.05, 4.69) is 29.7 Å². The number of alkyl halides is 1. The summed E-state index contributed by atoms with van der Waals surface area (Å²) in [7, 11) is 0. The van der Waals surface area contributed by atoms with Crippen molar-refractivity contribution in [1.82, 2.24) is 4.90 Å². The smallest absolute Gasteiger partial charge is 0.122 e. The fourth-order valence-electron chi connectivity index (χ4n) is 2.50. The van der Waals surface area contributed by atoms with E-state index in [1.54, 1.807) is 0 Å². The zero-order chi connectivity index (χ0) is 14.2. The minimum Gasteiger partial charge on any atom is -0.493 e. The van der Waals surface area contributed by atoms with Crippen LogP contribution in [0.3, 0.4) is 0 Å². The summed E-state index contributed by atoms with van der Waals surface area (Å²) in [5.41, 5.74) is 2.13. The first-order valence-electron chi connectivity index (χ1n) is 7.30. The predicted molar refractivity (Wildman–Crippen MR) is 84.6 cm³/mol. The largest absolute Gasteiger partial charge is 0.493 e. The Balaban J connectivity index is 1.77. The first-order valence-corrected chi connectivity index (χ1v) is 7.83. The van der Waals surface area contributed by atoms with E-state index < -0.39 is 0 Å². The average molecular weight is 292 g/mol. The number of halogens is 1. The Labute approximate surface area is 127 Å². The van der Waals surface area contributed by atoms with E-state index in [0.29, 0.717) is 5.88 Å². The van der Waals surface area contributed by atoms with Gasteiger partial charge in [0.15, 0.2) is 0 Å². The van der Waals surface area contributed by atoms with E-state index in [-0.39, 0.29) is 0 Å². The highest BCUT2D eigenvalue weighted by Gasteiger charge is 2.10. The highest BCUT2D eigenvalue weighted by molar-refractivity contribution is 6.19. The molecule has 1 fully saturated rings. The number of likely N-dealkylation sites (tertiary alicyclic amines) is 1. The summed E-state index contributed by atoms with van der Waals surface area (Å²) in [6.07, 6.45) is 3.79. The van der Waals surface area contributed by atoms with Crippen LogP contribution in [0.5, 0.6) is 5.75 Å². The molecule has 0 atom stereocenters. The Morgan fingerprint density at radius 3 is 2.80 bits per heavy atom. The van der Waals surface area contributed by atoms with Crippen molar-refractivity contribution >= 4 is 11.6 Å². The standard InChI is InChI=1S/C17H22ClNO/c1-15-14-16(6-4-9-18)7-8-17(15)20-13-5-12-19-10-2-3-11-19/h7-8,14H,2-3,5,9-13H2,1H3. The SMILES string of the molecule is Cc1cc(C#CCCl)ccc1OCCCN1CCCC1. The van der Waals surface area contributed by atoms with E-state index in [0.717, 1.165) is 36.4 Å². The summed E-state index contributed by atoms with van der Waals surface area (Å²) in [5.74, 6) is 7.22. The third kappa shape index (κ3) is 4.74. The molecule has 1 saturated heterocycles. The molecule has 1 aliphatic heterocycles. The lowest BCUT2D eigenvalue weighted by Gasteiger charge is -2.15. The van der Waals surface area contributed by atoms with Crippen LogP contribution in [0, 0.1) is 18.8 Å². The molecular weight excluding hydrogens is 270 g/mol. The van der Waals surface area contributed by atoms with Crippen LogP contribution >= 0.6 is 11.6 Å². The van der Waals surface area contributed by atoms with Crippen LogP contribution in [0.25, 0.3) is 0 Å². The molecule has 20 heavy (non-hydrogen) atoms. The van der Waals surface area contributed by atoms with Crippen LogP contribution in [0.1, 0.15) is 30.4 Å². The molecule has 0 N–H and O–H groups in total. The van der Waals surface area contributed by atoms with Gasteiger partial charge in [0.1, 0.15) is 5.75 Å². The highest BCUT2D eigenvalue weighted by atomic mass is 35.5. The summed E-state index contributed by atoms with van der Waals surface area (Å²) in [5, 5.41) is 0. The normalized spacial score (nSPS) is 14.9. The maximum absolute atomic E-state index is 5.86. The minimum atomic E-state index is 0.369. The van der Waals surface area contributed by atoms with Crippen LogP contribution in [-0.4, -0.2) is 37.0 Å². The van der Waals surface area contributed by atoms with E-state index in [4.69, 9.17) is 16.3 Å². The van der Waals surface area contributed by atoms with Crippen molar-refractivity contribution in [1.29, 1.82) is 0 Å². The van der Waals surface area contributed by atoms with Gasteiger partial charge in [-0.25, -0.2) is 0 Å². The van der Waals surface area contributed by atoms with Gasteiger partial charge in [-0.05, 0) is 63.0 Å². The van der Waals surface area contributed by atoms with E-state index in [1.165, 1.54) is 25.9 Å². The molecule has 108 valence electrons. The van der Waals surface area contributed by atoms with E-state index >= 15 is 0 Å². The molecule has 0 radical (unpaired) electrons. The first-order chi connectivity index (χ1) is 9.79. The summed E-state index contributed by atoms with van der Waals surface area (Å²) < 4.78 is 5.86. The van der Waals surface area contributed by atoms with Crippen LogP contribution in [0.4, 0.5) is 0 Å². The summed E-state index contributed by atoms with van der Waals surface area (Å²) in [6.45, 7) is 6.50. The summed E-state index contributed by atoms with van der Waals surface area (Å²) in [6, 6.07) is 6.04. The lowest BCUT2D eigenvalue weighted by Crippen LogP contribution is -2.21. The van der Waals surface area contributed by atoms with Crippen LogP contribution < -0.4 is 4.74 Å². The minimum absolute atomic E-state index is 0.369. The Bertz CT molecular complexity index is 483. The van der Waals surface area contributed by atoms with Crippen molar-refractivity contribution in [3.8, 4) is 17.6 Å². The number of aryl methyl sites for hydroxylation is 1. The quantitative estimate of drug-likeness (QED) is 0.468.